The van der Waals surface area contributed by atoms with E-state index < -0.39 is 0 Å². The van der Waals surface area contributed by atoms with Crippen LogP contribution in [0.15, 0.2) is 12.1 Å². The molecule has 4 nitrogen and oxygen atoms in total. The molecule has 0 bridgehead atoms. The van der Waals surface area contributed by atoms with Gasteiger partial charge in [-0.1, -0.05) is 6.92 Å². The lowest BCUT2D eigenvalue weighted by Gasteiger charge is -2.28. The number of amides is 1. The van der Waals surface area contributed by atoms with Gasteiger partial charge in [0.2, 0.25) is 5.91 Å². The molecule has 0 saturated heterocycles. The molecule has 2 aliphatic rings. The number of fused-ring (bicyclic) bond motifs is 1. The lowest BCUT2D eigenvalue weighted by molar-refractivity contribution is -0.116. The van der Waals surface area contributed by atoms with Crippen LogP contribution in [0.3, 0.4) is 0 Å². The maximum Gasteiger partial charge on any atom is 0.224 e. The molecule has 0 unspecified atom stereocenters. The third kappa shape index (κ3) is 2.74. The normalized spacial score (nSPS) is 25.8. The van der Waals surface area contributed by atoms with E-state index in [1.807, 2.05) is 12.1 Å². The van der Waals surface area contributed by atoms with Crippen molar-refractivity contribution < 1.29 is 9.53 Å². The van der Waals surface area contributed by atoms with Crippen LogP contribution >= 0.6 is 0 Å². The molecule has 108 valence electrons. The number of rotatable bonds is 2. The first-order valence-corrected chi connectivity index (χ1v) is 7.50. The summed E-state index contributed by atoms with van der Waals surface area (Å²) in [6.45, 7) is 2.30. The second-order valence-corrected chi connectivity index (χ2v) is 6.10. The fourth-order valence-electron chi connectivity index (χ4n) is 3.05. The molecular weight excluding hydrogens is 252 g/mol. The second-order valence-electron chi connectivity index (χ2n) is 6.10. The Morgan fingerprint density at radius 3 is 2.70 bits per heavy atom. The van der Waals surface area contributed by atoms with Crippen molar-refractivity contribution in [2.45, 2.75) is 51.6 Å². The topological polar surface area (TPSA) is 64.3 Å². The first-order valence-electron chi connectivity index (χ1n) is 7.50. The summed E-state index contributed by atoms with van der Waals surface area (Å²) in [6, 6.07) is 3.83. The maximum atomic E-state index is 11.4. The molecule has 1 aliphatic carbocycles. The maximum absolute atomic E-state index is 11.4. The van der Waals surface area contributed by atoms with Crippen LogP contribution in [-0.2, 0) is 11.2 Å². The van der Waals surface area contributed by atoms with E-state index in [0.717, 1.165) is 42.2 Å². The highest BCUT2D eigenvalue weighted by atomic mass is 16.5. The van der Waals surface area contributed by atoms with Crippen LogP contribution in [0.2, 0.25) is 0 Å². The number of aryl methyl sites for hydroxylation is 1. The number of anilines is 2. The molecule has 1 aliphatic heterocycles. The lowest BCUT2D eigenvalue weighted by Crippen LogP contribution is -2.24. The van der Waals surface area contributed by atoms with Crippen LogP contribution in [0.1, 0.15) is 44.6 Å². The quantitative estimate of drug-likeness (QED) is 0.814. The van der Waals surface area contributed by atoms with E-state index >= 15 is 0 Å². The molecule has 4 heteroatoms. The van der Waals surface area contributed by atoms with Gasteiger partial charge in [-0.25, -0.2) is 0 Å². The zero-order valence-corrected chi connectivity index (χ0v) is 11.9. The molecule has 3 rings (SSSR count). The number of hydrogen-bond donors (Lipinski definition) is 2. The number of carbonyl (C=O) groups excluding carboxylic acids is 1. The Morgan fingerprint density at radius 2 is 1.95 bits per heavy atom. The predicted octanol–water partition coefficient (Wildman–Crippen LogP) is 3.11. The van der Waals surface area contributed by atoms with Crippen molar-refractivity contribution in [1.29, 1.82) is 0 Å². The Labute approximate surface area is 119 Å². The molecule has 0 atom stereocenters. The van der Waals surface area contributed by atoms with Crippen molar-refractivity contribution >= 4 is 17.3 Å². The standard InChI is InChI=1S/C16H22N2O2/c1-10-2-5-12(6-3-10)20-15-8-11-4-7-16(19)18-14(11)9-13(15)17/h8-10,12H,2-7,17H2,1H3,(H,18,19). The Hall–Kier alpha value is -1.71. The SMILES string of the molecule is CC1CCC(Oc2cc3c(cc2N)NC(=O)CC3)CC1. The van der Waals surface area contributed by atoms with E-state index in [0.29, 0.717) is 12.1 Å². The third-order valence-electron chi connectivity index (χ3n) is 4.39. The van der Waals surface area contributed by atoms with Crippen LogP contribution in [0.4, 0.5) is 11.4 Å². The minimum absolute atomic E-state index is 0.0619. The summed E-state index contributed by atoms with van der Waals surface area (Å²) in [6.07, 6.45) is 6.25. The highest BCUT2D eigenvalue weighted by Gasteiger charge is 2.22. The first-order chi connectivity index (χ1) is 9.61. The average molecular weight is 274 g/mol. The third-order valence-corrected chi connectivity index (χ3v) is 4.39. The number of nitrogen functional groups attached to an aromatic ring is 1. The van der Waals surface area contributed by atoms with E-state index in [1.54, 1.807) is 0 Å². The molecule has 1 aromatic rings. The van der Waals surface area contributed by atoms with Crippen LogP contribution in [0, 0.1) is 5.92 Å². The van der Waals surface area contributed by atoms with Crippen molar-refractivity contribution in [3.8, 4) is 5.75 Å². The molecule has 3 N–H and O–H groups in total. The molecule has 1 aromatic carbocycles. The Bertz CT molecular complexity index is 519. The van der Waals surface area contributed by atoms with Gasteiger partial charge in [-0.15, -0.1) is 0 Å². The number of benzene rings is 1. The zero-order valence-electron chi connectivity index (χ0n) is 11.9. The second kappa shape index (κ2) is 5.35. The van der Waals surface area contributed by atoms with Gasteiger partial charge in [0.25, 0.3) is 0 Å². The van der Waals surface area contributed by atoms with Gasteiger partial charge >= 0.3 is 0 Å². The fourth-order valence-corrected chi connectivity index (χ4v) is 3.05. The molecule has 1 fully saturated rings. The van der Waals surface area contributed by atoms with E-state index in [2.05, 4.69) is 12.2 Å². The Morgan fingerprint density at radius 1 is 1.20 bits per heavy atom. The monoisotopic (exact) mass is 274 g/mol. The van der Waals surface area contributed by atoms with Crippen LogP contribution in [0.5, 0.6) is 5.75 Å². The number of nitrogens with one attached hydrogen (secondary N) is 1. The fraction of sp³-hybridized carbons (Fsp3) is 0.562. The van der Waals surface area contributed by atoms with Gasteiger partial charge in [-0.05, 0) is 55.7 Å². The summed E-state index contributed by atoms with van der Waals surface area (Å²) in [5, 5.41) is 2.86. The van der Waals surface area contributed by atoms with Gasteiger partial charge in [0.1, 0.15) is 5.75 Å². The Kier molecular flexibility index (Phi) is 3.55. The van der Waals surface area contributed by atoms with Crippen molar-refractivity contribution in [2.24, 2.45) is 5.92 Å². The minimum atomic E-state index is 0.0619. The van der Waals surface area contributed by atoms with Crippen molar-refractivity contribution in [1.82, 2.24) is 0 Å². The van der Waals surface area contributed by atoms with Crippen LogP contribution < -0.4 is 15.8 Å². The summed E-state index contributed by atoms with van der Waals surface area (Å²) in [5.74, 6) is 1.65. The molecule has 1 heterocycles. The summed E-state index contributed by atoms with van der Waals surface area (Å²) in [7, 11) is 0. The molecule has 0 radical (unpaired) electrons. The number of carbonyl (C=O) groups is 1. The van der Waals surface area contributed by atoms with Gasteiger partial charge in [-0.2, -0.15) is 0 Å². The van der Waals surface area contributed by atoms with Gasteiger partial charge in [-0.3, -0.25) is 4.79 Å². The van der Waals surface area contributed by atoms with Crippen molar-refractivity contribution in [3.63, 3.8) is 0 Å². The first kappa shape index (κ1) is 13.3. The van der Waals surface area contributed by atoms with Gasteiger partial charge < -0.3 is 15.8 Å². The highest BCUT2D eigenvalue weighted by Crippen LogP contribution is 2.35. The number of ether oxygens (including phenoxy) is 1. The van der Waals surface area contributed by atoms with Crippen LogP contribution in [-0.4, -0.2) is 12.0 Å². The highest BCUT2D eigenvalue weighted by molar-refractivity contribution is 5.94. The predicted molar refractivity (Wildman–Crippen MR) is 79.9 cm³/mol. The smallest absolute Gasteiger partial charge is 0.224 e. The zero-order chi connectivity index (χ0) is 14.1. The van der Waals surface area contributed by atoms with E-state index in [-0.39, 0.29) is 12.0 Å². The molecule has 0 spiro atoms. The molecule has 1 amide bonds. The molecule has 1 saturated carbocycles. The number of hydrogen-bond acceptors (Lipinski definition) is 3. The lowest BCUT2D eigenvalue weighted by atomic mass is 9.89. The summed E-state index contributed by atoms with van der Waals surface area (Å²) >= 11 is 0. The number of nitrogens with two attached hydrogens (primary N) is 1. The average Bonchev–Trinajstić information content (AvgIpc) is 2.42. The molecular formula is C16H22N2O2. The van der Waals surface area contributed by atoms with Crippen LogP contribution in [0.25, 0.3) is 0 Å². The minimum Gasteiger partial charge on any atom is -0.488 e. The van der Waals surface area contributed by atoms with E-state index in [1.165, 1.54) is 12.8 Å². The molecule has 20 heavy (non-hydrogen) atoms. The van der Waals surface area contributed by atoms with Gasteiger partial charge in [0.15, 0.2) is 0 Å². The van der Waals surface area contributed by atoms with E-state index in [9.17, 15) is 4.79 Å². The summed E-state index contributed by atoms with van der Waals surface area (Å²) < 4.78 is 6.09. The summed E-state index contributed by atoms with van der Waals surface area (Å²) in [4.78, 5) is 11.4. The molecule has 0 aromatic heterocycles. The van der Waals surface area contributed by atoms with Crippen molar-refractivity contribution in [3.05, 3.63) is 17.7 Å². The Balaban J connectivity index is 1.75. The van der Waals surface area contributed by atoms with Gasteiger partial charge in [0.05, 0.1) is 11.8 Å². The largest absolute Gasteiger partial charge is 0.488 e. The summed E-state index contributed by atoms with van der Waals surface area (Å²) in [5.41, 5.74) is 8.63. The van der Waals surface area contributed by atoms with Crippen molar-refractivity contribution in [2.75, 3.05) is 11.1 Å². The van der Waals surface area contributed by atoms with Gasteiger partial charge in [0, 0.05) is 12.1 Å². The van der Waals surface area contributed by atoms with E-state index in [4.69, 9.17) is 10.5 Å².